The number of piperidine rings is 1. The van der Waals surface area contributed by atoms with Crippen molar-refractivity contribution >= 4 is 0 Å². The highest BCUT2D eigenvalue weighted by Gasteiger charge is 2.40. The van der Waals surface area contributed by atoms with E-state index in [1.165, 1.54) is 5.56 Å². The zero-order valence-electron chi connectivity index (χ0n) is 9.12. The summed E-state index contributed by atoms with van der Waals surface area (Å²) in [6.07, 6.45) is 3.11. The number of nitrogens with one attached hydrogen (secondary N) is 1. The Morgan fingerprint density at radius 2 is 2.12 bits per heavy atom. The summed E-state index contributed by atoms with van der Waals surface area (Å²) >= 11 is 0. The molecule has 3 rings (SSSR count). The molecule has 1 spiro atoms. The van der Waals surface area contributed by atoms with Crippen LogP contribution < -0.4 is 10.1 Å². The Labute approximate surface area is 95.0 Å². The molecule has 0 saturated carbocycles. The minimum absolute atomic E-state index is 0.00165. The molecule has 1 aromatic carbocycles. The summed E-state index contributed by atoms with van der Waals surface area (Å²) in [6, 6.07) is 7.93. The molecule has 3 nitrogen and oxygen atoms in total. The van der Waals surface area contributed by atoms with Gasteiger partial charge in [0.1, 0.15) is 11.4 Å². The maximum atomic E-state index is 8.86. The Morgan fingerprint density at radius 3 is 2.88 bits per heavy atom. The lowest BCUT2D eigenvalue weighted by Crippen LogP contribution is -2.45. The summed E-state index contributed by atoms with van der Waals surface area (Å²) in [5, 5.41) is 12.2. The molecule has 2 heterocycles. The SMILES string of the molecule is N#Cc1ccc2c(c1)OC1(CCNCC1)C2. The minimum Gasteiger partial charge on any atom is -0.487 e. The quantitative estimate of drug-likeness (QED) is 0.713. The molecule has 0 aliphatic carbocycles. The van der Waals surface area contributed by atoms with Crippen molar-refractivity contribution in [2.75, 3.05) is 13.1 Å². The molecule has 1 fully saturated rings. The van der Waals surface area contributed by atoms with Crippen molar-refractivity contribution < 1.29 is 4.74 Å². The predicted octanol–water partition coefficient (Wildman–Crippen LogP) is 1.62. The molecule has 3 heteroatoms. The van der Waals surface area contributed by atoms with Crippen LogP contribution in [0, 0.1) is 11.3 Å². The zero-order valence-corrected chi connectivity index (χ0v) is 9.12. The lowest BCUT2D eigenvalue weighted by Gasteiger charge is -2.33. The Balaban J connectivity index is 1.91. The van der Waals surface area contributed by atoms with Crippen LogP contribution in [0.5, 0.6) is 5.75 Å². The summed E-state index contributed by atoms with van der Waals surface area (Å²) in [4.78, 5) is 0. The molecule has 2 aliphatic heterocycles. The third kappa shape index (κ3) is 1.46. The predicted molar refractivity (Wildman–Crippen MR) is 60.3 cm³/mol. The van der Waals surface area contributed by atoms with E-state index in [4.69, 9.17) is 10.00 Å². The molecular weight excluding hydrogens is 200 g/mol. The Hall–Kier alpha value is -1.53. The topological polar surface area (TPSA) is 45.0 Å². The smallest absolute Gasteiger partial charge is 0.124 e. The van der Waals surface area contributed by atoms with Gasteiger partial charge in [-0.25, -0.2) is 0 Å². The fraction of sp³-hybridized carbons (Fsp3) is 0.462. The first-order valence-corrected chi connectivity index (χ1v) is 5.74. The van der Waals surface area contributed by atoms with E-state index in [-0.39, 0.29) is 5.60 Å². The fourth-order valence-electron chi connectivity index (χ4n) is 2.64. The number of fused-ring (bicyclic) bond motifs is 1. The fourth-order valence-corrected chi connectivity index (χ4v) is 2.64. The molecule has 82 valence electrons. The van der Waals surface area contributed by atoms with E-state index in [0.717, 1.165) is 38.1 Å². The standard InChI is InChI=1S/C13H14N2O/c14-9-10-1-2-11-8-13(16-12(11)7-10)3-5-15-6-4-13/h1-2,7,15H,3-6,8H2. The zero-order chi connectivity index (χ0) is 11.0. The second kappa shape index (κ2) is 3.50. The normalized spacial score (nSPS) is 21.2. The lowest BCUT2D eigenvalue weighted by atomic mass is 9.88. The summed E-state index contributed by atoms with van der Waals surface area (Å²) in [5.74, 6) is 0.918. The third-order valence-electron chi connectivity index (χ3n) is 3.55. The molecule has 0 radical (unpaired) electrons. The van der Waals surface area contributed by atoms with Crippen LogP contribution >= 0.6 is 0 Å². The molecule has 1 aromatic rings. The van der Waals surface area contributed by atoms with Gasteiger partial charge in [-0.05, 0) is 43.6 Å². The van der Waals surface area contributed by atoms with Crippen molar-refractivity contribution in [3.8, 4) is 11.8 Å². The number of ether oxygens (including phenoxy) is 1. The highest BCUT2D eigenvalue weighted by atomic mass is 16.5. The molecule has 0 aromatic heterocycles. The van der Waals surface area contributed by atoms with Gasteiger partial charge < -0.3 is 10.1 Å². The van der Waals surface area contributed by atoms with Crippen molar-refractivity contribution in [2.24, 2.45) is 0 Å². The van der Waals surface area contributed by atoms with Gasteiger partial charge in [-0.3, -0.25) is 0 Å². The largest absolute Gasteiger partial charge is 0.487 e. The average molecular weight is 214 g/mol. The first kappa shape index (κ1) is 9.68. The molecule has 1 N–H and O–H groups in total. The monoisotopic (exact) mass is 214 g/mol. The summed E-state index contributed by atoms with van der Waals surface area (Å²) in [5.41, 5.74) is 1.94. The van der Waals surface area contributed by atoms with Gasteiger partial charge in [0.25, 0.3) is 0 Å². The van der Waals surface area contributed by atoms with E-state index in [2.05, 4.69) is 11.4 Å². The molecule has 0 amide bonds. The number of nitriles is 1. The van der Waals surface area contributed by atoms with Crippen LogP contribution in [0.1, 0.15) is 24.0 Å². The minimum atomic E-state index is 0.00165. The van der Waals surface area contributed by atoms with Crippen LogP contribution in [-0.4, -0.2) is 18.7 Å². The number of rotatable bonds is 0. The van der Waals surface area contributed by atoms with Gasteiger partial charge in [0.15, 0.2) is 0 Å². The van der Waals surface area contributed by atoms with Gasteiger partial charge in [-0.2, -0.15) is 5.26 Å². The van der Waals surface area contributed by atoms with Crippen LogP contribution in [0.2, 0.25) is 0 Å². The van der Waals surface area contributed by atoms with Crippen molar-refractivity contribution in [2.45, 2.75) is 24.9 Å². The van der Waals surface area contributed by atoms with E-state index in [1.807, 2.05) is 18.2 Å². The third-order valence-corrected chi connectivity index (χ3v) is 3.55. The lowest BCUT2D eigenvalue weighted by molar-refractivity contribution is 0.0600. The van der Waals surface area contributed by atoms with Crippen molar-refractivity contribution in [3.05, 3.63) is 29.3 Å². The van der Waals surface area contributed by atoms with Gasteiger partial charge in [0, 0.05) is 6.42 Å². The molecular formula is C13H14N2O. The second-order valence-electron chi connectivity index (χ2n) is 4.65. The van der Waals surface area contributed by atoms with E-state index < -0.39 is 0 Å². The number of benzene rings is 1. The van der Waals surface area contributed by atoms with Gasteiger partial charge in [-0.15, -0.1) is 0 Å². The van der Waals surface area contributed by atoms with Crippen LogP contribution in [0.15, 0.2) is 18.2 Å². The molecule has 16 heavy (non-hydrogen) atoms. The maximum Gasteiger partial charge on any atom is 0.124 e. The van der Waals surface area contributed by atoms with Gasteiger partial charge in [-0.1, -0.05) is 6.07 Å². The highest BCUT2D eigenvalue weighted by Crippen LogP contribution is 2.40. The maximum absolute atomic E-state index is 8.86. The number of nitrogens with zero attached hydrogens (tertiary/aromatic N) is 1. The summed E-state index contributed by atoms with van der Waals surface area (Å²) in [6.45, 7) is 2.05. The van der Waals surface area contributed by atoms with Gasteiger partial charge >= 0.3 is 0 Å². The summed E-state index contributed by atoms with van der Waals surface area (Å²) in [7, 11) is 0. The molecule has 0 atom stereocenters. The molecule has 0 bridgehead atoms. The first-order valence-electron chi connectivity index (χ1n) is 5.74. The Kier molecular flexibility index (Phi) is 2.12. The van der Waals surface area contributed by atoms with E-state index >= 15 is 0 Å². The van der Waals surface area contributed by atoms with E-state index in [1.54, 1.807) is 0 Å². The van der Waals surface area contributed by atoms with Crippen LogP contribution in [-0.2, 0) is 6.42 Å². The van der Waals surface area contributed by atoms with Crippen LogP contribution in [0.4, 0.5) is 0 Å². The molecule has 0 unspecified atom stereocenters. The number of hydrogen-bond acceptors (Lipinski definition) is 3. The molecule has 2 aliphatic rings. The highest BCUT2D eigenvalue weighted by molar-refractivity contribution is 5.46. The van der Waals surface area contributed by atoms with Crippen LogP contribution in [0.25, 0.3) is 0 Å². The van der Waals surface area contributed by atoms with Crippen molar-refractivity contribution in [1.29, 1.82) is 5.26 Å². The van der Waals surface area contributed by atoms with Gasteiger partial charge in [0.2, 0.25) is 0 Å². The van der Waals surface area contributed by atoms with Crippen LogP contribution in [0.3, 0.4) is 0 Å². The van der Waals surface area contributed by atoms with Crippen molar-refractivity contribution in [1.82, 2.24) is 5.32 Å². The Bertz CT molecular complexity index is 455. The molecule has 1 saturated heterocycles. The van der Waals surface area contributed by atoms with Crippen molar-refractivity contribution in [3.63, 3.8) is 0 Å². The average Bonchev–Trinajstić information content (AvgIpc) is 2.66. The van der Waals surface area contributed by atoms with E-state index in [9.17, 15) is 0 Å². The van der Waals surface area contributed by atoms with E-state index in [0.29, 0.717) is 5.56 Å². The Morgan fingerprint density at radius 1 is 1.31 bits per heavy atom. The van der Waals surface area contributed by atoms with Gasteiger partial charge in [0.05, 0.1) is 11.6 Å². The summed E-state index contributed by atoms with van der Waals surface area (Å²) < 4.78 is 6.09. The number of hydrogen-bond donors (Lipinski definition) is 1. The second-order valence-corrected chi connectivity index (χ2v) is 4.65. The first-order chi connectivity index (χ1) is 7.81.